The van der Waals surface area contributed by atoms with E-state index in [1.165, 1.54) is 40.6 Å². The molecule has 0 aliphatic heterocycles. The number of aromatic nitrogens is 5. The van der Waals surface area contributed by atoms with E-state index in [0.717, 1.165) is 27.6 Å². The Bertz CT molecular complexity index is 1850. The van der Waals surface area contributed by atoms with Gasteiger partial charge in [-0.1, -0.05) is 0 Å². The molecule has 0 saturated carbocycles. The second-order valence-corrected chi connectivity index (χ2v) is 11.3. The van der Waals surface area contributed by atoms with Crippen molar-refractivity contribution in [2.24, 2.45) is 0 Å². The second-order valence-electron chi connectivity index (χ2n) is 9.27. The quantitative estimate of drug-likeness (QED) is 0.231. The number of hydrogen-bond acceptors (Lipinski definition) is 11. The number of alkyl halides is 3. The Labute approximate surface area is 254 Å². The Hall–Kier alpha value is -4.97. The number of sulfonamides is 1. The Morgan fingerprint density at radius 1 is 1.07 bits per heavy atom. The highest BCUT2D eigenvalue weighted by molar-refractivity contribution is 7.90. The smallest absolute Gasteiger partial charge is 0.435 e. The van der Waals surface area contributed by atoms with Crippen molar-refractivity contribution in [1.29, 1.82) is 0 Å². The number of pyridine rings is 1. The zero-order chi connectivity index (χ0) is 32.9. The Kier molecular flexibility index (Phi) is 9.77. The topological polar surface area (TPSA) is 169 Å². The van der Waals surface area contributed by atoms with Gasteiger partial charge in [0, 0.05) is 67.3 Å². The number of hydrogen-bond donors (Lipinski definition) is 2. The number of halogens is 3. The van der Waals surface area contributed by atoms with Crippen LogP contribution >= 0.6 is 0 Å². The van der Waals surface area contributed by atoms with Crippen LogP contribution in [-0.4, -0.2) is 72.3 Å². The van der Waals surface area contributed by atoms with Crippen LogP contribution in [0.2, 0.25) is 0 Å². The average Bonchev–Trinajstić information content (AvgIpc) is 3.51. The van der Waals surface area contributed by atoms with Gasteiger partial charge < -0.3 is 24.1 Å². The van der Waals surface area contributed by atoms with Crippen molar-refractivity contribution in [2.45, 2.75) is 19.6 Å². The van der Waals surface area contributed by atoms with Crippen LogP contribution in [-0.2, 0) is 27.5 Å². The number of rotatable bonds is 12. The molecule has 240 valence electrons. The lowest BCUT2D eigenvalue weighted by Crippen LogP contribution is -2.37. The highest BCUT2D eigenvalue weighted by atomic mass is 32.2. The highest BCUT2D eigenvalue weighted by Crippen LogP contribution is 2.32. The van der Waals surface area contributed by atoms with Crippen LogP contribution in [0.3, 0.4) is 0 Å². The molecule has 0 fully saturated rings. The van der Waals surface area contributed by atoms with E-state index < -0.39 is 44.7 Å². The van der Waals surface area contributed by atoms with Crippen molar-refractivity contribution in [3.05, 3.63) is 70.5 Å². The lowest BCUT2D eigenvalue weighted by molar-refractivity contribution is -0.141. The first-order valence-corrected chi connectivity index (χ1v) is 14.7. The molecule has 0 aliphatic rings. The van der Waals surface area contributed by atoms with Crippen LogP contribution in [0.4, 0.5) is 24.8 Å². The van der Waals surface area contributed by atoms with Gasteiger partial charge in [-0.05, 0) is 19.1 Å². The number of ether oxygens (including phenoxy) is 3. The number of amides is 1. The third-order valence-electron chi connectivity index (χ3n) is 6.28. The molecule has 3 heterocycles. The summed E-state index contributed by atoms with van der Waals surface area (Å²) < 4.78 is 84.0. The van der Waals surface area contributed by atoms with Gasteiger partial charge in [0.2, 0.25) is 16.0 Å². The van der Waals surface area contributed by atoms with Crippen molar-refractivity contribution in [1.82, 2.24) is 29.0 Å². The summed E-state index contributed by atoms with van der Waals surface area (Å²) in [6.45, 7) is 1.31. The third-order valence-corrected chi connectivity index (χ3v) is 7.54. The second kappa shape index (κ2) is 13.3. The maximum Gasteiger partial charge on any atom is 0.435 e. The zero-order valence-corrected chi connectivity index (χ0v) is 25.2. The summed E-state index contributed by atoms with van der Waals surface area (Å²) in [5.41, 5.74) is -2.00. The van der Waals surface area contributed by atoms with Gasteiger partial charge in [-0.2, -0.15) is 23.3 Å². The summed E-state index contributed by atoms with van der Waals surface area (Å²) in [5, 5.41) is 6.58. The number of benzene rings is 1. The number of carbonyl (C=O) groups is 1. The predicted octanol–water partition coefficient (Wildman–Crippen LogP) is 3.00. The molecule has 2 N–H and O–H groups in total. The number of anilines is 2. The van der Waals surface area contributed by atoms with E-state index in [2.05, 4.69) is 20.4 Å². The SMILES string of the molecule is CCS(=O)(=O)NC(=O)c1cc(-c2cnc(Nc3cc(OC)cc(OC)c3)nc2-n2ccc(C(F)(F)F)n2)cn(CCOC)c1=O. The molecule has 0 bridgehead atoms. The van der Waals surface area contributed by atoms with Crippen molar-refractivity contribution >= 4 is 27.6 Å². The summed E-state index contributed by atoms with van der Waals surface area (Å²) >= 11 is 0. The summed E-state index contributed by atoms with van der Waals surface area (Å²) in [7, 11) is 0.257. The van der Waals surface area contributed by atoms with E-state index in [1.807, 2.05) is 4.72 Å². The highest BCUT2D eigenvalue weighted by Gasteiger charge is 2.34. The average molecular weight is 652 g/mol. The Morgan fingerprint density at radius 2 is 1.76 bits per heavy atom. The Morgan fingerprint density at radius 3 is 2.33 bits per heavy atom. The van der Waals surface area contributed by atoms with Crippen LogP contribution < -0.4 is 25.1 Å². The fourth-order valence-electron chi connectivity index (χ4n) is 3.98. The molecule has 0 aliphatic carbocycles. The van der Waals surface area contributed by atoms with Crippen LogP contribution in [0.25, 0.3) is 16.9 Å². The van der Waals surface area contributed by atoms with Gasteiger partial charge in [-0.25, -0.2) is 22.8 Å². The van der Waals surface area contributed by atoms with E-state index in [0.29, 0.717) is 17.2 Å². The summed E-state index contributed by atoms with van der Waals surface area (Å²) in [5.74, 6) is -0.978. The molecular weight excluding hydrogens is 623 g/mol. The van der Waals surface area contributed by atoms with Gasteiger partial charge in [0.05, 0.1) is 26.6 Å². The molecule has 1 aromatic carbocycles. The fraction of sp³-hybridized carbons (Fsp3) is 0.296. The van der Waals surface area contributed by atoms with Crippen LogP contribution in [0.5, 0.6) is 11.5 Å². The van der Waals surface area contributed by atoms with E-state index >= 15 is 0 Å². The van der Waals surface area contributed by atoms with Crippen molar-refractivity contribution in [3.8, 4) is 28.4 Å². The first-order chi connectivity index (χ1) is 21.3. The molecule has 0 spiro atoms. The van der Waals surface area contributed by atoms with Crippen LogP contribution in [0, 0.1) is 0 Å². The number of nitrogens with one attached hydrogen (secondary N) is 2. The van der Waals surface area contributed by atoms with E-state index in [1.54, 1.807) is 18.2 Å². The van der Waals surface area contributed by atoms with Crippen LogP contribution in [0.1, 0.15) is 23.0 Å². The molecule has 1 amide bonds. The first kappa shape index (κ1) is 32.9. The van der Waals surface area contributed by atoms with Crippen molar-refractivity contribution in [2.75, 3.05) is 39.0 Å². The minimum Gasteiger partial charge on any atom is -0.497 e. The van der Waals surface area contributed by atoms with Gasteiger partial charge in [0.25, 0.3) is 11.5 Å². The monoisotopic (exact) mass is 651 g/mol. The largest absolute Gasteiger partial charge is 0.497 e. The predicted molar refractivity (Wildman–Crippen MR) is 155 cm³/mol. The number of carbonyl (C=O) groups excluding carboxylic acids is 1. The first-order valence-electron chi connectivity index (χ1n) is 13.1. The molecule has 18 heteroatoms. The molecule has 0 atom stereocenters. The molecule has 45 heavy (non-hydrogen) atoms. The minimum atomic E-state index is -4.76. The van der Waals surface area contributed by atoms with E-state index in [9.17, 15) is 31.2 Å². The Balaban J connectivity index is 1.91. The lowest BCUT2D eigenvalue weighted by atomic mass is 10.1. The molecule has 4 aromatic rings. The molecule has 0 unspecified atom stereocenters. The van der Waals surface area contributed by atoms with Gasteiger partial charge >= 0.3 is 6.18 Å². The van der Waals surface area contributed by atoms with E-state index in [4.69, 9.17) is 14.2 Å². The summed E-state index contributed by atoms with van der Waals surface area (Å²) in [4.78, 5) is 34.8. The normalized spacial score (nSPS) is 11.7. The van der Waals surface area contributed by atoms with Gasteiger partial charge in [0.15, 0.2) is 11.5 Å². The molecule has 0 saturated heterocycles. The zero-order valence-electron chi connectivity index (χ0n) is 24.4. The van der Waals surface area contributed by atoms with Crippen molar-refractivity contribution in [3.63, 3.8) is 0 Å². The number of methoxy groups -OCH3 is 3. The van der Waals surface area contributed by atoms with Crippen molar-refractivity contribution < 1.29 is 40.6 Å². The summed E-state index contributed by atoms with van der Waals surface area (Å²) in [6, 6.07) is 6.69. The standard InChI is InChI=1S/C27H28F3N7O7S/c1-5-45(40,41)35-24(38)20-10-16(15-36(25(20)39)8-9-42-2)21-14-31-26(32-17-11-18(43-3)13-19(12-17)44-4)33-23(21)37-7-6-22(34-37)27(28,29)30/h6-7,10-15H,5,8-9H2,1-4H3,(H,35,38)(H,31,32,33). The summed E-state index contributed by atoms with van der Waals surface area (Å²) in [6.07, 6.45) is -1.15. The fourth-order valence-corrected chi connectivity index (χ4v) is 4.52. The molecule has 14 nitrogen and oxygen atoms in total. The lowest BCUT2D eigenvalue weighted by Gasteiger charge is -2.15. The van der Waals surface area contributed by atoms with Gasteiger partial charge in [-0.3, -0.25) is 9.59 Å². The molecule has 4 rings (SSSR count). The van der Waals surface area contributed by atoms with Gasteiger partial charge in [-0.15, -0.1) is 0 Å². The maximum absolute atomic E-state index is 13.5. The van der Waals surface area contributed by atoms with Gasteiger partial charge in [0.1, 0.15) is 17.1 Å². The third kappa shape index (κ3) is 7.76. The minimum absolute atomic E-state index is 0.0436. The molecule has 3 aromatic heterocycles. The van der Waals surface area contributed by atoms with Crippen LogP contribution in [0.15, 0.2) is 53.7 Å². The maximum atomic E-state index is 13.5. The van der Waals surface area contributed by atoms with E-state index in [-0.39, 0.29) is 36.0 Å². The number of nitrogens with zero attached hydrogens (tertiary/aromatic N) is 5. The molecule has 0 radical (unpaired) electrons. The molecular formula is C27H28F3N7O7S.